The summed E-state index contributed by atoms with van der Waals surface area (Å²) in [5.74, 6) is 0.0874. The first kappa shape index (κ1) is 11.9. The highest BCUT2D eigenvalue weighted by molar-refractivity contribution is 5.94. The van der Waals surface area contributed by atoms with Gasteiger partial charge < -0.3 is 4.90 Å². The largest absolute Gasteiger partial charge is 0.332 e. The number of fused-ring (bicyclic) bond motifs is 1. The first-order chi connectivity index (χ1) is 9.27. The number of amides is 1. The van der Waals surface area contributed by atoms with Gasteiger partial charge in [-0.1, -0.05) is 24.3 Å². The third kappa shape index (κ3) is 2.12. The van der Waals surface area contributed by atoms with Crippen molar-refractivity contribution in [3.8, 4) is 0 Å². The normalized spacial score (nSPS) is 17.9. The van der Waals surface area contributed by atoms with Crippen LogP contribution in [-0.2, 0) is 6.42 Å². The fraction of sp³-hybridized carbons (Fsp3) is 0.250. The molecule has 1 unspecified atom stereocenters. The van der Waals surface area contributed by atoms with E-state index in [9.17, 15) is 4.79 Å². The average molecular weight is 252 g/mol. The zero-order valence-electron chi connectivity index (χ0n) is 10.9. The number of carbonyl (C=O) groups is 1. The lowest BCUT2D eigenvalue weighted by molar-refractivity contribution is 0.0677. The molecule has 96 valence electrons. The molecule has 0 aliphatic carbocycles. The highest BCUT2D eigenvalue weighted by Gasteiger charge is 2.27. The van der Waals surface area contributed by atoms with Gasteiger partial charge in [-0.05, 0) is 36.6 Å². The molecule has 0 radical (unpaired) electrons. The lowest BCUT2D eigenvalue weighted by Gasteiger charge is -2.35. The molecule has 1 atom stereocenters. The van der Waals surface area contributed by atoms with Gasteiger partial charge in [-0.3, -0.25) is 9.78 Å². The Morgan fingerprint density at radius 3 is 2.74 bits per heavy atom. The van der Waals surface area contributed by atoms with Gasteiger partial charge in [0, 0.05) is 24.5 Å². The summed E-state index contributed by atoms with van der Waals surface area (Å²) < 4.78 is 0. The van der Waals surface area contributed by atoms with Gasteiger partial charge in [-0.15, -0.1) is 0 Å². The van der Waals surface area contributed by atoms with Crippen molar-refractivity contribution in [1.29, 1.82) is 0 Å². The van der Waals surface area contributed by atoms with Crippen molar-refractivity contribution in [2.45, 2.75) is 19.4 Å². The summed E-state index contributed by atoms with van der Waals surface area (Å²) in [7, 11) is 0. The van der Waals surface area contributed by atoms with E-state index in [-0.39, 0.29) is 11.9 Å². The number of carbonyl (C=O) groups excluding carboxylic acids is 1. The molecule has 3 nitrogen and oxygen atoms in total. The Morgan fingerprint density at radius 2 is 1.95 bits per heavy atom. The van der Waals surface area contributed by atoms with Crippen molar-refractivity contribution in [2.24, 2.45) is 0 Å². The summed E-state index contributed by atoms with van der Waals surface area (Å²) in [5, 5.41) is 0. The quantitative estimate of drug-likeness (QED) is 0.782. The van der Waals surface area contributed by atoms with Crippen LogP contribution in [0.2, 0.25) is 0 Å². The topological polar surface area (TPSA) is 33.2 Å². The van der Waals surface area contributed by atoms with Crippen LogP contribution >= 0.6 is 0 Å². The Balaban J connectivity index is 1.90. The summed E-state index contributed by atoms with van der Waals surface area (Å²) in [4.78, 5) is 18.4. The van der Waals surface area contributed by atoms with E-state index in [0.717, 1.165) is 13.0 Å². The molecule has 0 bridgehead atoms. The number of rotatable bonds is 1. The standard InChI is InChI=1S/C16H16N2O/c1-12-15-5-3-2-4-13(15)8-11-18(12)16(19)14-6-9-17-10-7-14/h2-7,9-10,12H,8,11H2,1H3. The van der Waals surface area contributed by atoms with Crippen molar-refractivity contribution in [1.82, 2.24) is 9.88 Å². The molecule has 2 aromatic rings. The van der Waals surface area contributed by atoms with Crippen molar-refractivity contribution in [3.05, 3.63) is 65.5 Å². The summed E-state index contributed by atoms with van der Waals surface area (Å²) in [6.07, 6.45) is 4.25. The Morgan fingerprint density at radius 1 is 1.21 bits per heavy atom. The lowest BCUT2D eigenvalue weighted by Crippen LogP contribution is -2.38. The molecule has 1 aliphatic rings. The van der Waals surface area contributed by atoms with Gasteiger partial charge in [-0.25, -0.2) is 0 Å². The second kappa shape index (κ2) is 4.84. The van der Waals surface area contributed by atoms with Gasteiger partial charge in [0.25, 0.3) is 5.91 Å². The van der Waals surface area contributed by atoms with Crippen LogP contribution in [0.3, 0.4) is 0 Å². The highest BCUT2D eigenvalue weighted by atomic mass is 16.2. The summed E-state index contributed by atoms with van der Waals surface area (Å²) in [5.41, 5.74) is 3.33. The second-order valence-electron chi connectivity index (χ2n) is 4.86. The van der Waals surface area contributed by atoms with Gasteiger partial charge in [0.2, 0.25) is 0 Å². The fourth-order valence-electron chi connectivity index (χ4n) is 2.71. The molecule has 3 rings (SSSR count). The molecular formula is C16H16N2O. The third-order valence-corrected chi connectivity index (χ3v) is 3.78. The highest BCUT2D eigenvalue weighted by Crippen LogP contribution is 2.30. The predicted octanol–water partition coefficient (Wildman–Crippen LogP) is 2.84. The molecule has 1 aliphatic heterocycles. The smallest absolute Gasteiger partial charge is 0.254 e. The molecule has 0 saturated carbocycles. The SMILES string of the molecule is CC1c2ccccc2CCN1C(=O)c1ccncc1. The van der Waals surface area contributed by atoms with Gasteiger partial charge in [0.1, 0.15) is 0 Å². The van der Waals surface area contributed by atoms with Crippen molar-refractivity contribution < 1.29 is 4.79 Å². The van der Waals surface area contributed by atoms with Crippen LogP contribution in [0.25, 0.3) is 0 Å². The molecule has 3 heteroatoms. The molecule has 19 heavy (non-hydrogen) atoms. The maximum absolute atomic E-state index is 12.5. The van der Waals surface area contributed by atoms with Crippen molar-refractivity contribution in [3.63, 3.8) is 0 Å². The molecule has 0 fully saturated rings. The molecule has 0 N–H and O–H groups in total. The molecular weight excluding hydrogens is 236 g/mol. The molecule has 1 amide bonds. The van der Waals surface area contributed by atoms with Crippen LogP contribution in [0, 0.1) is 0 Å². The molecule has 0 saturated heterocycles. The van der Waals surface area contributed by atoms with Gasteiger partial charge in [0.15, 0.2) is 0 Å². The van der Waals surface area contributed by atoms with Crippen LogP contribution in [0.15, 0.2) is 48.8 Å². The minimum Gasteiger partial charge on any atom is -0.332 e. The van der Waals surface area contributed by atoms with E-state index in [1.165, 1.54) is 11.1 Å². The third-order valence-electron chi connectivity index (χ3n) is 3.78. The van der Waals surface area contributed by atoms with Crippen LogP contribution in [0.4, 0.5) is 0 Å². The van der Waals surface area contributed by atoms with Gasteiger partial charge >= 0.3 is 0 Å². The van der Waals surface area contributed by atoms with Crippen LogP contribution in [0.1, 0.15) is 34.5 Å². The number of pyridine rings is 1. The van der Waals surface area contributed by atoms with Crippen LogP contribution < -0.4 is 0 Å². The van der Waals surface area contributed by atoms with Crippen LogP contribution in [0.5, 0.6) is 0 Å². The van der Waals surface area contributed by atoms with E-state index in [1.807, 2.05) is 11.0 Å². The van der Waals surface area contributed by atoms with E-state index in [2.05, 4.69) is 30.1 Å². The number of hydrogen-bond donors (Lipinski definition) is 0. The molecule has 2 heterocycles. The predicted molar refractivity (Wildman–Crippen MR) is 73.8 cm³/mol. The maximum Gasteiger partial charge on any atom is 0.254 e. The van der Waals surface area contributed by atoms with Crippen LogP contribution in [-0.4, -0.2) is 22.3 Å². The Kier molecular flexibility index (Phi) is 3.03. The van der Waals surface area contributed by atoms with Gasteiger partial charge in [0.05, 0.1) is 6.04 Å². The Bertz CT molecular complexity index is 595. The minimum atomic E-state index is 0.0874. The number of hydrogen-bond acceptors (Lipinski definition) is 2. The zero-order chi connectivity index (χ0) is 13.2. The summed E-state index contributed by atoms with van der Waals surface area (Å²) in [6, 6.07) is 12.0. The summed E-state index contributed by atoms with van der Waals surface area (Å²) in [6.45, 7) is 2.87. The Hall–Kier alpha value is -2.16. The van der Waals surface area contributed by atoms with E-state index in [1.54, 1.807) is 24.5 Å². The molecule has 1 aromatic heterocycles. The zero-order valence-corrected chi connectivity index (χ0v) is 10.9. The van der Waals surface area contributed by atoms with E-state index < -0.39 is 0 Å². The number of benzene rings is 1. The van der Waals surface area contributed by atoms with Gasteiger partial charge in [-0.2, -0.15) is 0 Å². The molecule has 1 aromatic carbocycles. The Labute approximate surface area is 112 Å². The second-order valence-corrected chi connectivity index (χ2v) is 4.86. The van der Waals surface area contributed by atoms with E-state index >= 15 is 0 Å². The maximum atomic E-state index is 12.5. The fourth-order valence-corrected chi connectivity index (χ4v) is 2.71. The molecule has 0 spiro atoms. The average Bonchev–Trinajstić information content (AvgIpc) is 2.48. The summed E-state index contributed by atoms with van der Waals surface area (Å²) >= 11 is 0. The first-order valence-electron chi connectivity index (χ1n) is 6.56. The van der Waals surface area contributed by atoms with Crippen molar-refractivity contribution in [2.75, 3.05) is 6.54 Å². The van der Waals surface area contributed by atoms with E-state index in [0.29, 0.717) is 5.56 Å². The first-order valence-corrected chi connectivity index (χ1v) is 6.56. The monoisotopic (exact) mass is 252 g/mol. The minimum absolute atomic E-state index is 0.0874. The lowest BCUT2D eigenvalue weighted by atomic mass is 9.93. The van der Waals surface area contributed by atoms with Crippen molar-refractivity contribution >= 4 is 5.91 Å². The number of aromatic nitrogens is 1. The van der Waals surface area contributed by atoms with E-state index in [4.69, 9.17) is 0 Å². The number of nitrogens with zero attached hydrogens (tertiary/aromatic N) is 2.